The fourth-order valence-electron chi connectivity index (χ4n) is 1.99. The average Bonchev–Trinajstić information content (AvgIpc) is 2.37. The highest BCUT2D eigenvalue weighted by molar-refractivity contribution is 5.81. The molecular weight excluding hydrogens is 277 g/mol. The van der Waals surface area contributed by atoms with Gasteiger partial charge in [-0.2, -0.15) is 13.2 Å². The van der Waals surface area contributed by atoms with E-state index in [1.165, 1.54) is 19.3 Å². The molecule has 0 heterocycles. The molecule has 0 aromatic rings. The largest absolute Gasteiger partial charge is 0.490 e. The Bertz CT molecular complexity index is 326. The smallest absolute Gasteiger partial charge is 0.475 e. The number of nitrogens with two attached hydrogens (primary N) is 1. The van der Waals surface area contributed by atoms with Crippen LogP contribution in [0, 0.1) is 5.92 Å². The minimum atomic E-state index is -5.08. The van der Waals surface area contributed by atoms with Crippen LogP contribution in [-0.2, 0) is 9.59 Å². The van der Waals surface area contributed by atoms with Gasteiger partial charge in [-0.25, -0.2) is 4.79 Å². The summed E-state index contributed by atoms with van der Waals surface area (Å²) in [5, 5.41) is 7.12. The molecule has 0 aromatic heterocycles. The van der Waals surface area contributed by atoms with Gasteiger partial charge in [0, 0.05) is 14.1 Å². The Kier molecular flexibility index (Phi) is 7.55. The second-order valence-electron chi connectivity index (χ2n) is 4.96. The summed E-state index contributed by atoms with van der Waals surface area (Å²) >= 11 is 0. The van der Waals surface area contributed by atoms with Crippen molar-refractivity contribution in [2.75, 3.05) is 14.1 Å². The molecule has 3 N–H and O–H groups in total. The maximum absolute atomic E-state index is 11.5. The van der Waals surface area contributed by atoms with Crippen molar-refractivity contribution < 1.29 is 27.9 Å². The topological polar surface area (TPSA) is 83.6 Å². The molecule has 0 saturated heterocycles. The molecule has 1 fully saturated rings. The van der Waals surface area contributed by atoms with Crippen LogP contribution in [0.4, 0.5) is 13.2 Å². The number of aliphatic carboxylic acids is 1. The lowest BCUT2D eigenvalue weighted by molar-refractivity contribution is -0.192. The van der Waals surface area contributed by atoms with Crippen molar-refractivity contribution in [3.05, 3.63) is 0 Å². The third kappa shape index (κ3) is 6.74. The zero-order chi connectivity index (χ0) is 15.9. The van der Waals surface area contributed by atoms with Gasteiger partial charge in [-0.3, -0.25) is 4.79 Å². The van der Waals surface area contributed by atoms with E-state index >= 15 is 0 Å². The second-order valence-corrected chi connectivity index (χ2v) is 4.96. The van der Waals surface area contributed by atoms with E-state index < -0.39 is 12.1 Å². The number of nitrogens with zero attached hydrogens (tertiary/aromatic N) is 1. The minimum Gasteiger partial charge on any atom is -0.475 e. The lowest BCUT2D eigenvalue weighted by Gasteiger charge is -2.28. The van der Waals surface area contributed by atoms with E-state index in [-0.39, 0.29) is 11.9 Å². The number of halogens is 3. The van der Waals surface area contributed by atoms with Crippen molar-refractivity contribution in [1.82, 2.24) is 4.90 Å². The van der Waals surface area contributed by atoms with Crippen LogP contribution >= 0.6 is 0 Å². The Morgan fingerprint density at radius 2 is 1.60 bits per heavy atom. The van der Waals surface area contributed by atoms with E-state index in [0.717, 1.165) is 12.8 Å². The number of hydrogen-bond acceptors (Lipinski definition) is 3. The average molecular weight is 298 g/mol. The maximum atomic E-state index is 11.5. The van der Waals surface area contributed by atoms with Crippen LogP contribution in [0.15, 0.2) is 0 Å². The molecule has 0 radical (unpaired) electrons. The fourth-order valence-corrected chi connectivity index (χ4v) is 1.99. The monoisotopic (exact) mass is 298 g/mol. The van der Waals surface area contributed by atoms with Gasteiger partial charge < -0.3 is 15.7 Å². The molecule has 0 aromatic carbocycles. The molecule has 5 nitrogen and oxygen atoms in total. The Morgan fingerprint density at radius 1 is 1.20 bits per heavy atom. The van der Waals surface area contributed by atoms with Crippen molar-refractivity contribution in [3.63, 3.8) is 0 Å². The molecule has 0 bridgehead atoms. The summed E-state index contributed by atoms with van der Waals surface area (Å²) in [7, 11) is 3.54. The molecule has 1 aliphatic carbocycles. The van der Waals surface area contributed by atoms with Crippen LogP contribution in [0.1, 0.15) is 32.1 Å². The lowest BCUT2D eigenvalue weighted by Crippen LogP contribution is -2.45. The predicted molar refractivity (Wildman–Crippen MR) is 66.9 cm³/mol. The summed E-state index contributed by atoms with van der Waals surface area (Å²) in [6.07, 6.45) is 0.943. The van der Waals surface area contributed by atoms with Gasteiger partial charge >= 0.3 is 12.1 Å². The van der Waals surface area contributed by atoms with Gasteiger partial charge in [0.15, 0.2) is 0 Å². The molecule has 1 aliphatic rings. The van der Waals surface area contributed by atoms with Gasteiger partial charge in [0.25, 0.3) is 0 Å². The standard InChI is InChI=1S/C10H20N2O.C2HF3O2/c1-12(2)10(13)9(11)8-6-4-3-5-7-8;3-2(4,5)1(6)7/h8-9H,3-7,11H2,1-2H3;(H,6,7)/t9-;/m0./s1. The Morgan fingerprint density at radius 3 is 1.90 bits per heavy atom. The molecule has 0 spiro atoms. The Balaban J connectivity index is 0.000000441. The van der Waals surface area contributed by atoms with Gasteiger partial charge in [0.1, 0.15) is 0 Å². The highest BCUT2D eigenvalue weighted by Gasteiger charge is 2.38. The second kappa shape index (κ2) is 8.08. The SMILES string of the molecule is CN(C)C(=O)[C@@H](N)C1CCCCC1.O=C(O)C(F)(F)F. The van der Waals surface area contributed by atoms with E-state index in [4.69, 9.17) is 15.6 Å². The molecule has 1 saturated carbocycles. The van der Waals surface area contributed by atoms with E-state index in [2.05, 4.69) is 0 Å². The van der Waals surface area contributed by atoms with Crippen LogP contribution in [0.2, 0.25) is 0 Å². The summed E-state index contributed by atoms with van der Waals surface area (Å²) in [6, 6.07) is -0.268. The van der Waals surface area contributed by atoms with E-state index in [1.54, 1.807) is 19.0 Å². The molecule has 0 aliphatic heterocycles. The summed E-state index contributed by atoms with van der Waals surface area (Å²) in [4.78, 5) is 22.0. The number of amides is 1. The summed E-state index contributed by atoms with van der Waals surface area (Å²) in [5.74, 6) is -2.26. The zero-order valence-electron chi connectivity index (χ0n) is 11.6. The number of carbonyl (C=O) groups excluding carboxylic acids is 1. The number of hydrogen-bond donors (Lipinski definition) is 2. The number of carbonyl (C=O) groups is 2. The van der Waals surface area contributed by atoms with Crippen molar-refractivity contribution >= 4 is 11.9 Å². The van der Waals surface area contributed by atoms with Crippen LogP contribution < -0.4 is 5.73 Å². The summed E-state index contributed by atoms with van der Waals surface area (Å²) in [6.45, 7) is 0. The fraction of sp³-hybridized carbons (Fsp3) is 0.833. The Hall–Kier alpha value is -1.31. The molecule has 1 amide bonds. The summed E-state index contributed by atoms with van der Waals surface area (Å²) < 4.78 is 31.7. The molecule has 8 heteroatoms. The molecule has 118 valence electrons. The van der Waals surface area contributed by atoms with Gasteiger partial charge in [0.05, 0.1) is 6.04 Å². The Labute approximate surface area is 115 Å². The van der Waals surface area contributed by atoms with Gasteiger partial charge in [-0.05, 0) is 18.8 Å². The highest BCUT2D eigenvalue weighted by atomic mass is 19.4. The van der Waals surface area contributed by atoms with Crippen molar-refractivity contribution in [2.45, 2.75) is 44.3 Å². The first-order valence-electron chi connectivity index (χ1n) is 6.34. The van der Waals surface area contributed by atoms with Crippen LogP contribution in [0.5, 0.6) is 0 Å². The molecule has 1 atom stereocenters. The lowest BCUT2D eigenvalue weighted by atomic mass is 9.84. The van der Waals surface area contributed by atoms with E-state index in [1.807, 2.05) is 0 Å². The van der Waals surface area contributed by atoms with E-state index in [0.29, 0.717) is 5.92 Å². The zero-order valence-corrected chi connectivity index (χ0v) is 11.6. The van der Waals surface area contributed by atoms with Gasteiger partial charge in [-0.15, -0.1) is 0 Å². The summed E-state index contributed by atoms with van der Waals surface area (Å²) in [5.41, 5.74) is 5.90. The van der Waals surface area contributed by atoms with Crippen molar-refractivity contribution in [2.24, 2.45) is 11.7 Å². The molecule has 1 rings (SSSR count). The van der Waals surface area contributed by atoms with Crippen molar-refractivity contribution in [1.29, 1.82) is 0 Å². The number of likely N-dealkylation sites (N-methyl/N-ethyl adjacent to an activating group) is 1. The third-order valence-corrected chi connectivity index (χ3v) is 3.13. The maximum Gasteiger partial charge on any atom is 0.490 e. The van der Waals surface area contributed by atoms with Gasteiger partial charge in [-0.1, -0.05) is 19.3 Å². The minimum absolute atomic E-state index is 0.0758. The first-order valence-corrected chi connectivity index (χ1v) is 6.34. The van der Waals surface area contributed by atoms with Crippen molar-refractivity contribution in [3.8, 4) is 0 Å². The first kappa shape index (κ1) is 18.7. The number of alkyl halides is 3. The highest BCUT2D eigenvalue weighted by Crippen LogP contribution is 2.26. The van der Waals surface area contributed by atoms with Crippen LogP contribution in [0.25, 0.3) is 0 Å². The first-order chi connectivity index (χ1) is 9.07. The molecule has 0 unspecified atom stereocenters. The van der Waals surface area contributed by atoms with E-state index in [9.17, 15) is 18.0 Å². The third-order valence-electron chi connectivity index (χ3n) is 3.13. The quantitative estimate of drug-likeness (QED) is 0.811. The van der Waals surface area contributed by atoms with Crippen LogP contribution in [0.3, 0.4) is 0 Å². The number of carboxylic acid groups (broad SMARTS) is 1. The number of carboxylic acids is 1. The normalized spacial score (nSPS) is 17.7. The van der Waals surface area contributed by atoms with Crippen LogP contribution in [-0.4, -0.2) is 48.2 Å². The molecular formula is C12H21F3N2O3. The predicted octanol–water partition coefficient (Wildman–Crippen LogP) is 1.62. The van der Waals surface area contributed by atoms with Gasteiger partial charge in [0.2, 0.25) is 5.91 Å². The number of rotatable bonds is 2. The molecule has 20 heavy (non-hydrogen) atoms.